The van der Waals surface area contributed by atoms with E-state index < -0.39 is 5.60 Å². The first-order valence-corrected chi connectivity index (χ1v) is 12.5. The zero-order valence-corrected chi connectivity index (χ0v) is 20.6. The lowest BCUT2D eigenvalue weighted by atomic mass is 9.62. The summed E-state index contributed by atoms with van der Waals surface area (Å²) in [7, 11) is 2.10. The highest BCUT2D eigenvalue weighted by Crippen LogP contribution is 2.50. The highest BCUT2D eigenvalue weighted by molar-refractivity contribution is 5.60. The van der Waals surface area contributed by atoms with Crippen LogP contribution in [0.5, 0.6) is 0 Å². The van der Waals surface area contributed by atoms with E-state index in [0.29, 0.717) is 12.7 Å². The van der Waals surface area contributed by atoms with Crippen LogP contribution in [-0.4, -0.2) is 51.4 Å². The number of hydrogen-bond acceptors (Lipinski definition) is 5. The second-order valence-electron chi connectivity index (χ2n) is 10.5. The van der Waals surface area contributed by atoms with Gasteiger partial charge >= 0.3 is 0 Å². The summed E-state index contributed by atoms with van der Waals surface area (Å²) in [5, 5.41) is 20.0. The molecule has 3 aromatic rings. The van der Waals surface area contributed by atoms with Crippen molar-refractivity contribution < 1.29 is 9.84 Å². The minimum absolute atomic E-state index is 0.318. The molecule has 1 saturated carbocycles. The van der Waals surface area contributed by atoms with E-state index in [0.717, 1.165) is 66.9 Å². The number of aryl methyl sites for hydroxylation is 1. The first kappa shape index (κ1) is 23.2. The fourth-order valence-corrected chi connectivity index (χ4v) is 5.55. The van der Waals surface area contributed by atoms with Crippen LogP contribution in [0.3, 0.4) is 0 Å². The molecule has 180 valence electrons. The highest BCUT2D eigenvalue weighted by atomic mass is 16.5. The molecule has 6 heteroatoms. The molecule has 34 heavy (non-hydrogen) atoms. The number of aromatic nitrogens is 3. The number of nitrogens with one attached hydrogen (secondary N) is 1. The molecule has 6 nitrogen and oxygen atoms in total. The SMILES string of the molecule is CCCc1ccc([C@](O)(c2cncc(-c3cc(COC4CCC4)[nH]n3)c2)C2(C)CN(C)C2)cc1. The van der Waals surface area contributed by atoms with Crippen molar-refractivity contribution in [2.75, 3.05) is 20.1 Å². The maximum atomic E-state index is 12.4. The van der Waals surface area contributed by atoms with Crippen molar-refractivity contribution in [2.45, 2.75) is 64.3 Å². The molecule has 0 spiro atoms. The lowest BCUT2D eigenvalue weighted by Crippen LogP contribution is -2.63. The monoisotopic (exact) mass is 460 g/mol. The zero-order valence-electron chi connectivity index (χ0n) is 20.6. The summed E-state index contributed by atoms with van der Waals surface area (Å²) in [6, 6.07) is 12.5. The fraction of sp³-hybridized carbons (Fsp3) is 0.500. The Hall–Kier alpha value is -2.54. The lowest BCUT2D eigenvalue weighted by molar-refractivity contribution is -0.127. The maximum absolute atomic E-state index is 12.4. The van der Waals surface area contributed by atoms with Crippen molar-refractivity contribution in [1.29, 1.82) is 0 Å². The van der Waals surface area contributed by atoms with E-state index in [4.69, 9.17) is 4.74 Å². The van der Waals surface area contributed by atoms with Crippen LogP contribution in [0.4, 0.5) is 0 Å². The van der Waals surface area contributed by atoms with E-state index in [1.807, 2.05) is 18.3 Å². The average Bonchev–Trinajstić information content (AvgIpc) is 3.26. The Bertz CT molecular complexity index is 1120. The minimum Gasteiger partial charge on any atom is -0.380 e. The normalized spacial score (nSPS) is 19.9. The smallest absolute Gasteiger partial charge is 0.124 e. The van der Waals surface area contributed by atoms with Gasteiger partial charge < -0.3 is 14.7 Å². The topological polar surface area (TPSA) is 74.3 Å². The summed E-state index contributed by atoms with van der Waals surface area (Å²) in [4.78, 5) is 6.78. The molecule has 1 atom stereocenters. The van der Waals surface area contributed by atoms with Crippen LogP contribution in [-0.2, 0) is 23.4 Å². The summed E-state index contributed by atoms with van der Waals surface area (Å²) in [6.07, 6.45) is 9.72. The molecular formula is C28H36N4O2. The molecular weight excluding hydrogens is 424 g/mol. The van der Waals surface area contributed by atoms with Gasteiger partial charge in [-0.1, -0.05) is 44.5 Å². The summed E-state index contributed by atoms with van der Waals surface area (Å²) >= 11 is 0. The van der Waals surface area contributed by atoms with E-state index >= 15 is 0 Å². The van der Waals surface area contributed by atoms with Gasteiger partial charge in [-0.2, -0.15) is 5.10 Å². The fourth-order valence-electron chi connectivity index (χ4n) is 5.55. The van der Waals surface area contributed by atoms with E-state index in [1.54, 1.807) is 6.20 Å². The number of benzene rings is 1. The van der Waals surface area contributed by atoms with Gasteiger partial charge in [-0.05, 0) is 56.0 Å². The van der Waals surface area contributed by atoms with Crippen LogP contribution in [0.1, 0.15) is 61.9 Å². The third kappa shape index (κ3) is 4.19. The number of nitrogens with zero attached hydrogens (tertiary/aromatic N) is 3. The Morgan fingerprint density at radius 1 is 1.15 bits per heavy atom. The highest BCUT2D eigenvalue weighted by Gasteiger charge is 2.55. The Labute approximate surface area is 202 Å². The Balaban J connectivity index is 1.46. The predicted molar refractivity (Wildman–Crippen MR) is 133 cm³/mol. The molecule has 5 rings (SSSR count). The second kappa shape index (κ2) is 9.25. The van der Waals surface area contributed by atoms with Gasteiger partial charge in [-0.15, -0.1) is 0 Å². The van der Waals surface area contributed by atoms with Crippen molar-refractivity contribution in [3.63, 3.8) is 0 Å². The Morgan fingerprint density at radius 2 is 1.91 bits per heavy atom. The summed E-state index contributed by atoms with van der Waals surface area (Å²) < 4.78 is 5.92. The van der Waals surface area contributed by atoms with E-state index in [9.17, 15) is 5.11 Å². The molecule has 2 N–H and O–H groups in total. The number of rotatable bonds is 9. The molecule has 2 fully saturated rings. The van der Waals surface area contributed by atoms with Gasteiger partial charge in [0.1, 0.15) is 5.60 Å². The van der Waals surface area contributed by atoms with Crippen molar-refractivity contribution in [2.24, 2.45) is 5.41 Å². The zero-order chi connectivity index (χ0) is 23.8. The van der Waals surface area contributed by atoms with Crippen molar-refractivity contribution in [1.82, 2.24) is 20.1 Å². The van der Waals surface area contributed by atoms with E-state index in [2.05, 4.69) is 65.2 Å². The van der Waals surface area contributed by atoms with E-state index in [-0.39, 0.29) is 5.41 Å². The van der Waals surface area contributed by atoms with Gasteiger partial charge in [0, 0.05) is 42.0 Å². The van der Waals surface area contributed by atoms with Crippen molar-refractivity contribution >= 4 is 0 Å². The largest absolute Gasteiger partial charge is 0.380 e. The lowest BCUT2D eigenvalue weighted by Gasteiger charge is -2.55. The van der Waals surface area contributed by atoms with Gasteiger partial charge in [0.15, 0.2) is 0 Å². The number of aromatic amines is 1. The third-order valence-electron chi connectivity index (χ3n) is 7.63. The molecule has 3 heterocycles. The molecule has 0 bridgehead atoms. The molecule has 2 aliphatic rings. The molecule has 2 aromatic heterocycles. The molecule has 1 aliphatic carbocycles. The number of aliphatic hydroxyl groups is 1. The van der Waals surface area contributed by atoms with Crippen LogP contribution >= 0.6 is 0 Å². The van der Waals surface area contributed by atoms with Gasteiger partial charge in [0.05, 0.1) is 24.1 Å². The standard InChI is InChI=1S/C28H36N4O2/c1-4-6-20-9-11-22(12-10-20)28(33,27(2)18-32(3)19-27)23-13-21(15-29-16-23)26-14-24(30-31-26)17-34-25-7-5-8-25/h9-16,25,33H,4-8,17-19H2,1-3H3,(H,30,31)/t28-/m0/s1. The molecule has 0 amide bonds. The number of likely N-dealkylation sites (tertiary alicyclic amines) is 1. The Kier molecular flexibility index (Phi) is 6.32. The van der Waals surface area contributed by atoms with Gasteiger partial charge in [0.25, 0.3) is 0 Å². The molecule has 0 radical (unpaired) electrons. The average molecular weight is 461 g/mol. The number of hydrogen-bond donors (Lipinski definition) is 2. The molecule has 1 aliphatic heterocycles. The minimum atomic E-state index is -1.15. The third-order valence-corrected chi connectivity index (χ3v) is 7.63. The van der Waals surface area contributed by atoms with Crippen molar-refractivity contribution in [3.05, 3.63) is 71.2 Å². The van der Waals surface area contributed by atoms with Crippen LogP contribution in [0.2, 0.25) is 0 Å². The summed E-state index contributed by atoms with van der Waals surface area (Å²) in [5.41, 5.74) is 4.21. The van der Waals surface area contributed by atoms with Gasteiger partial charge in [-0.3, -0.25) is 10.1 Å². The summed E-state index contributed by atoms with van der Waals surface area (Å²) in [6.45, 7) is 6.53. The van der Waals surface area contributed by atoms with Crippen LogP contribution in [0.25, 0.3) is 11.3 Å². The number of ether oxygens (including phenoxy) is 1. The van der Waals surface area contributed by atoms with Crippen LogP contribution < -0.4 is 0 Å². The summed E-state index contributed by atoms with van der Waals surface area (Å²) in [5.74, 6) is 0. The van der Waals surface area contributed by atoms with Crippen LogP contribution in [0, 0.1) is 5.41 Å². The maximum Gasteiger partial charge on any atom is 0.124 e. The van der Waals surface area contributed by atoms with E-state index in [1.165, 1.54) is 12.0 Å². The van der Waals surface area contributed by atoms with Gasteiger partial charge in [-0.25, -0.2) is 0 Å². The molecule has 0 unspecified atom stereocenters. The van der Waals surface area contributed by atoms with Crippen molar-refractivity contribution in [3.8, 4) is 11.3 Å². The molecule has 1 aromatic carbocycles. The number of pyridine rings is 1. The first-order valence-electron chi connectivity index (χ1n) is 12.5. The van der Waals surface area contributed by atoms with Gasteiger partial charge in [0.2, 0.25) is 0 Å². The predicted octanol–water partition coefficient (Wildman–Crippen LogP) is 4.68. The quantitative estimate of drug-likeness (QED) is 0.485. The molecule has 1 saturated heterocycles. The first-order chi connectivity index (χ1) is 16.4. The van der Waals surface area contributed by atoms with Crippen LogP contribution in [0.15, 0.2) is 48.8 Å². The Morgan fingerprint density at radius 3 is 2.56 bits per heavy atom. The number of H-pyrrole nitrogens is 1. The second-order valence-corrected chi connectivity index (χ2v) is 10.5.